The molecule has 0 atom stereocenters. The maximum Gasteiger partial charge on any atom is 0.220 e. The molecular formula is C18H19N5OS. The van der Waals surface area contributed by atoms with Crippen molar-refractivity contribution < 1.29 is 4.79 Å². The Kier molecular flexibility index (Phi) is 6.17. The van der Waals surface area contributed by atoms with Gasteiger partial charge in [-0.15, -0.1) is 11.8 Å². The van der Waals surface area contributed by atoms with Gasteiger partial charge < -0.3 is 5.32 Å². The standard InChI is InChI=1S/C18H19N5OS/c24-18(7-4-10-25-16-5-2-1-3-6-16)21-12-15-8-9-17(20-11-15)23-14-19-13-22-23/h1-3,5-6,8-9,11,13-14H,4,7,10,12H2,(H,21,24). The SMILES string of the molecule is O=C(CCCSc1ccccc1)NCc1ccc(-n2cncn2)nc1. The minimum Gasteiger partial charge on any atom is -0.352 e. The number of aromatic nitrogens is 4. The second-order valence-electron chi connectivity index (χ2n) is 5.41. The molecule has 0 aliphatic rings. The zero-order valence-corrected chi connectivity index (χ0v) is 14.5. The minimum atomic E-state index is 0.0639. The van der Waals surface area contributed by atoms with E-state index in [1.165, 1.54) is 11.2 Å². The summed E-state index contributed by atoms with van der Waals surface area (Å²) in [4.78, 5) is 21.4. The van der Waals surface area contributed by atoms with Gasteiger partial charge >= 0.3 is 0 Å². The molecule has 0 bridgehead atoms. The highest BCUT2D eigenvalue weighted by atomic mass is 32.2. The molecule has 3 aromatic rings. The maximum absolute atomic E-state index is 11.9. The van der Waals surface area contributed by atoms with Crippen LogP contribution < -0.4 is 5.32 Å². The molecule has 0 saturated heterocycles. The van der Waals surface area contributed by atoms with Gasteiger partial charge in [0.25, 0.3) is 0 Å². The van der Waals surface area contributed by atoms with Gasteiger partial charge in [-0.3, -0.25) is 4.79 Å². The lowest BCUT2D eigenvalue weighted by Crippen LogP contribution is -2.22. The van der Waals surface area contributed by atoms with E-state index < -0.39 is 0 Å². The number of hydrogen-bond donors (Lipinski definition) is 1. The molecule has 1 aromatic carbocycles. The number of rotatable bonds is 8. The van der Waals surface area contributed by atoms with Crippen LogP contribution in [-0.2, 0) is 11.3 Å². The van der Waals surface area contributed by atoms with E-state index in [9.17, 15) is 4.79 Å². The molecule has 3 rings (SSSR count). The molecular weight excluding hydrogens is 334 g/mol. The first kappa shape index (κ1) is 17.2. The van der Waals surface area contributed by atoms with E-state index in [1.54, 1.807) is 29.0 Å². The van der Waals surface area contributed by atoms with Gasteiger partial charge in [0.15, 0.2) is 5.82 Å². The summed E-state index contributed by atoms with van der Waals surface area (Å²) < 4.78 is 1.59. The normalized spacial score (nSPS) is 10.6. The van der Waals surface area contributed by atoms with Gasteiger partial charge in [-0.05, 0) is 35.9 Å². The molecule has 0 aliphatic carbocycles. The number of carbonyl (C=O) groups is 1. The van der Waals surface area contributed by atoms with Gasteiger partial charge in [-0.25, -0.2) is 14.6 Å². The van der Waals surface area contributed by atoms with Crippen LogP contribution in [0.3, 0.4) is 0 Å². The summed E-state index contributed by atoms with van der Waals surface area (Å²) in [6.45, 7) is 0.481. The minimum absolute atomic E-state index is 0.0639. The van der Waals surface area contributed by atoms with Crippen LogP contribution in [0.2, 0.25) is 0 Å². The highest BCUT2D eigenvalue weighted by molar-refractivity contribution is 7.99. The summed E-state index contributed by atoms with van der Waals surface area (Å²) in [6.07, 6.45) is 6.19. The van der Waals surface area contributed by atoms with Crippen LogP contribution in [0.5, 0.6) is 0 Å². The fourth-order valence-corrected chi connectivity index (χ4v) is 3.09. The maximum atomic E-state index is 11.9. The zero-order valence-electron chi connectivity index (χ0n) is 13.7. The fraction of sp³-hybridized carbons (Fsp3) is 0.222. The Labute approximate surface area is 150 Å². The Hall–Kier alpha value is -2.67. The van der Waals surface area contributed by atoms with E-state index in [2.05, 4.69) is 32.5 Å². The predicted molar refractivity (Wildman–Crippen MR) is 97.4 cm³/mol. The van der Waals surface area contributed by atoms with Crippen molar-refractivity contribution in [2.75, 3.05) is 5.75 Å². The van der Waals surface area contributed by atoms with Crippen LogP contribution in [0.25, 0.3) is 5.82 Å². The molecule has 0 unspecified atom stereocenters. The van der Waals surface area contributed by atoms with Gasteiger partial charge in [0.1, 0.15) is 12.7 Å². The number of benzene rings is 1. The quantitative estimate of drug-likeness (QED) is 0.498. The first-order chi connectivity index (χ1) is 12.3. The molecule has 2 heterocycles. The van der Waals surface area contributed by atoms with E-state index in [0.29, 0.717) is 18.8 Å². The number of pyridine rings is 1. The molecule has 7 heteroatoms. The highest BCUT2D eigenvalue weighted by Gasteiger charge is 2.03. The van der Waals surface area contributed by atoms with Crippen molar-refractivity contribution in [3.8, 4) is 5.82 Å². The van der Waals surface area contributed by atoms with Crippen molar-refractivity contribution in [1.29, 1.82) is 0 Å². The molecule has 1 amide bonds. The third-order valence-electron chi connectivity index (χ3n) is 3.51. The van der Waals surface area contributed by atoms with Crippen molar-refractivity contribution in [2.45, 2.75) is 24.3 Å². The molecule has 2 aromatic heterocycles. The molecule has 6 nitrogen and oxygen atoms in total. The predicted octanol–water partition coefficient (Wildman–Crippen LogP) is 2.85. The summed E-state index contributed by atoms with van der Waals surface area (Å²) in [6, 6.07) is 14.0. The van der Waals surface area contributed by atoms with Gasteiger partial charge in [0.05, 0.1) is 0 Å². The third kappa shape index (κ3) is 5.42. The van der Waals surface area contributed by atoms with Crippen LogP contribution in [0.15, 0.2) is 66.2 Å². The average molecular weight is 353 g/mol. The summed E-state index contributed by atoms with van der Waals surface area (Å²) in [5.41, 5.74) is 0.955. The summed E-state index contributed by atoms with van der Waals surface area (Å²) in [5, 5.41) is 6.95. The van der Waals surface area contributed by atoms with Gasteiger partial charge in [0, 0.05) is 24.1 Å². The molecule has 0 spiro atoms. The number of carbonyl (C=O) groups excluding carboxylic acids is 1. The van der Waals surface area contributed by atoms with E-state index in [4.69, 9.17) is 0 Å². The Balaban J connectivity index is 1.36. The monoisotopic (exact) mass is 353 g/mol. The highest BCUT2D eigenvalue weighted by Crippen LogP contribution is 2.18. The Bertz CT molecular complexity index is 775. The van der Waals surface area contributed by atoms with E-state index in [1.807, 2.05) is 30.3 Å². The van der Waals surface area contributed by atoms with Crippen LogP contribution in [0.4, 0.5) is 0 Å². The first-order valence-electron chi connectivity index (χ1n) is 8.06. The fourth-order valence-electron chi connectivity index (χ4n) is 2.21. The Morgan fingerprint density at radius 1 is 1.16 bits per heavy atom. The van der Waals surface area contributed by atoms with Crippen molar-refractivity contribution >= 4 is 17.7 Å². The lowest BCUT2D eigenvalue weighted by molar-refractivity contribution is -0.121. The van der Waals surface area contributed by atoms with Crippen molar-refractivity contribution in [1.82, 2.24) is 25.1 Å². The van der Waals surface area contributed by atoms with E-state index >= 15 is 0 Å². The second-order valence-corrected chi connectivity index (χ2v) is 6.57. The molecule has 0 aliphatic heterocycles. The van der Waals surface area contributed by atoms with E-state index in [0.717, 1.165) is 17.7 Å². The number of amides is 1. The number of thioether (sulfide) groups is 1. The second kappa shape index (κ2) is 8.98. The van der Waals surface area contributed by atoms with Crippen molar-refractivity contribution in [3.63, 3.8) is 0 Å². The smallest absolute Gasteiger partial charge is 0.220 e. The molecule has 25 heavy (non-hydrogen) atoms. The van der Waals surface area contributed by atoms with Crippen LogP contribution in [0.1, 0.15) is 18.4 Å². The zero-order chi connectivity index (χ0) is 17.3. The van der Waals surface area contributed by atoms with Gasteiger partial charge in [0.2, 0.25) is 5.91 Å². The number of hydrogen-bond acceptors (Lipinski definition) is 5. The molecule has 0 radical (unpaired) electrons. The summed E-state index contributed by atoms with van der Waals surface area (Å²) >= 11 is 1.77. The Morgan fingerprint density at radius 3 is 2.76 bits per heavy atom. The van der Waals surface area contributed by atoms with Gasteiger partial charge in [-0.1, -0.05) is 24.3 Å². The Morgan fingerprint density at radius 2 is 2.04 bits per heavy atom. The lowest BCUT2D eigenvalue weighted by Gasteiger charge is -2.06. The van der Waals surface area contributed by atoms with Gasteiger partial charge in [-0.2, -0.15) is 5.10 Å². The topological polar surface area (TPSA) is 72.7 Å². The molecule has 128 valence electrons. The lowest BCUT2D eigenvalue weighted by atomic mass is 10.2. The first-order valence-corrected chi connectivity index (χ1v) is 9.04. The van der Waals surface area contributed by atoms with E-state index in [-0.39, 0.29) is 5.91 Å². The van der Waals surface area contributed by atoms with Crippen LogP contribution >= 0.6 is 11.8 Å². The van der Waals surface area contributed by atoms with Crippen molar-refractivity contribution in [2.24, 2.45) is 0 Å². The largest absolute Gasteiger partial charge is 0.352 e. The summed E-state index contributed by atoms with van der Waals surface area (Å²) in [7, 11) is 0. The average Bonchev–Trinajstić information content (AvgIpc) is 3.20. The number of nitrogens with zero attached hydrogens (tertiary/aromatic N) is 4. The molecule has 0 saturated carbocycles. The van der Waals surface area contributed by atoms with Crippen LogP contribution in [-0.4, -0.2) is 31.4 Å². The van der Waals surface area contributed by atoms with Crippen LogP contribution in [0, 0.1) is 0 Å². The molecule has 0 fully saturated rings. The third-order valence-corrected chi connectivity index (χ3v) is 4.61. The molecule has 1 N–H and O–H groups in total. The van der Waals surface area contributed by atoms with Crippen molar-refractivity contribution in [3.05, 3.63) is 66.9 Å². The summed E-state index contributed by atoms with van der Waals surface area (Å²) in [5.74, 6) is 1.70. The number of nitrogens with one attached hydrogen (secondary N) is 1.